The van der Waals surface area contributed by atoms with Crippen molar-refractivity contribution in [2.45, 2.75) is 78.2 Å². The molecule has 0 bridgehead atoms. The number of nitrogens with one attached hydrogen (secondary N) is 1. The van der Waals surface area contributed by atoms with Gasteiger partial charge in [-0.1, -0.05) is 59.3 Å². The van der Waals surface area contributed by atoms with Crippen LogP contribution in [0.15, 0.2) is 0 Å². The van der Waals surface area contributed by atoms with E-state index in [9.17, 15) is 0 Å². The molecule has 0 amide bonds. The summed E-state index contributed by atoms with van der Waals surface area (Å²) in [5.74, 6) is 0. The van der Waals surface area contributed by atoms with Crippen molar-refractivity contribution in [2.24, 2.45) is 5.41 Å². The third kappa shape index (κ3) is 6.19. The van der Waals surface area contributed by atoms with E-state index in [0.717, 1.165) is 25.8 Å². The number of rotatable bonds is 11. The van der Waals surface area contributed by atoms with Crippen LogP contribution in [0.2, 0.25) is 0 Å². The van der Waals surface area contributed by atoms with Gasteiger partial charge in [0, 0.05) is 18.0 Å². The normalized spacial score (nSPS) is 18.0. The van der Waals surface area contributed by atoms with E-state index in [2.05, 4.69) is 26.1 Å². The summed E-state index contributed by atoms with van der Waals surface area (Å²) >= 11 is 0. The first-order chi connectivity index (χ1) is 8.70. The fourth-order valence-corrected chi connectivity index (χ4v) is 2.57. The fourth-order valence-electron chi connectivity index (χ4n) is 2.57. The maximum atomic E-state index is 5.33. The average Bonchev–Trinajstić information content (AvgIpc) is 2.33. The maximum absolute atomic E-state index is 5.33. The molecule has 1 fully saturated rings. The molecule has 18 heavy (non-hydrogen) atoms. The van der Waals surface area contributed by atoms with E-state index in [0.29, 0.717) is 5.41 Å². The van der Waals surface area contributed by atoms with Gasteiger partial charge in [-0.25, -0.2) is 0 Å². The van der Waals surface area contributed by atoms with Crippen LogP contribution in [-0.4, -0.2) is 25.8 Å². The molecule has 2 heteroatoms. The van der Waals surface area contributed by atoms with Crippen molar-refractivity contribution >= 4 is 0 Å². The summed E-state index contributed by atoms with van der Waals surface area (Å²) in [4.78, 5) is 0. The second-order valence-corrected chi connectivity index (χ2v) is 6.37. The van der Waals surface area contributed by atoms with E-state index < -0.39 is 0 Å². The zero-order valence-electron chi connectivity index (χ0n) is 12.8. The number of hydrogen-bond donors (Lipinski definition) is 1. The fraction of sp³-hybridized carbons (Fsp3) is 1.00. The van der Waals surface area contributed by atoms with Gasteiger partial charge in [0.1, 0.15) is 0 Å². The summed E-state index contributed by atoms with van der Waals surface area (Å²) in [6.45, 7) is 9.92. The van der Waals surface area contributed by atoms with Crippen LogP contribution in [0.25, 0.3) is 0 Å². The largest absolute Gasteiger partial charge is 0.380 e. The molecular formula is C16H33NO. The Kier molecular flexibility index (Phi) is 7.92. The van der Waals surface area contributed by atoms with Crippen LogP contribution in [0, 0.1) is 5.41 Å². The highest BCUT2D eigenvalue weighted by atomic mass is 16.5. The Morgan fingerprint density at radius 1 is 1.00 bits per heavy atom. The minimum Gasteiger partial charge on any atom is -0.380 e. The number of hydrogen-bond acceptors (Lipinski definition) is 2. The van der Waals surface area contributed by atoms with Crippen molar-refractivity contribution in [3.8, 4) is 0 Å². The van der Waals surface area contributed by atoms with Gasteiger partial charge in [-0.2, -0.15) is 0 Å². The first kappa shape index (κ1) is 16.0. The molecule has 0 aliphatic carbocycles. The first-order valence-electron chi connectivity index (χ1n) is 8.01. The topological polar surface area (TPSA) is 21.3 Å². The van der Waals surface area contributed by atoms with Crippen LogP contribution in [-0.2, 0) is 4.74 Å². The van der Waals surface area contributed by atoms with Crippen molar-refractivity contribution in [3.05, 3.63) is 0 Å². The Morgan fingerprint density at radius 2 is 1.56 bits per heavy atom. The molecule has 0 atom stereocenters. The SMILES string of the molecule is CCCCCC(CCCCC)NCC1(C)COC1. The molecule has 0 aromatic heterocycles. The molecule has 0 aromatic rings. The Bertz CT molecular complexity index is 191. The molecule has 1 aliphatic heterocycles. The van der Waals surface area contributed by atoms with Crippen molar-refractivity contribution in [3.63, 3.8) is 0 Å². The minimum absolute atomic E-state index is 0.410. The highest BCUT2D eigenvalue weighted by Crippen LogP contribution is 2.25. The smallest absolute Gasteiger partial charge is 0.0554 e. The monoisotopic (exact) mass is 255 g/mol. The molecule has 1 N–H and O–H groups in total. The van der Waals surface area contributed by atoms with Crippen LogP contribution in [0.1, 0.15) is 72.1 Å². The van der Waals surface area contributed by atoms with Crippen LogP contribution in [0.4, 0.5) is 0 Å². The van der Waals surface area contributed by atoms with Crippen LogP contribution in [0.3, 0.4) is 0 Å². The molecule has 0 spiro atoms. The van der Waals surface area contributed by atoms with Gasteiger partial charge in [-0.05, 0) is 12.8 Å². The summed E-state index contributed by atoms with van der Waals surface area (Å²) in [5.41, 5.74) is 0.410. The van der Waals surface area contributed by atoms with E-state index in [1.807, 2.05) is 0 Å². The van der Waals surface area contributed by atoms with Gasteiger partial charge in [0.05, 0.1) is 13.2 Å². The summed E-state index contributed by atoms with van der Waals surface area (Å²) in [5, 5.41) is 3.80. The van der Waals surface area contributed by atoms with Gasteiger partial charge in [-0.3, -0.25) is 0 Å². The summed E-state index contributed by atoms with van der Waals surface area (Å²) in [7, 11) is 0. The Morgan fingerprint density at radius 3 is 1.94 bits per heavy atom. The third-order valence-electron chi connectivity index (χ3n) is 4.03. The molecule has 0 saturated carbocycles. The summed E-state index contributed by atoms with van der Waals surface area (Å²) in [6.07, 6.45) is 10.9. The summed E-state index contributed by atoms with van der Waals surface area (Å²) in [6, 6.07) is 0.737. The van der Waals surface area contributed by atoms with E-state index >= 15 is 0 Å². The van der Waals surface area contributed by atoms with Gasteiger partial charge in [-0.15, -0.1) is 0 Å². The summed E-state index contributed by atoms with van der Waals surface area (Å²) < 4.78 is 5.33. The first-order valence-corrected chi connectivity index (χ1v) is 8.01. The lowest BCUT2D eigenvalue weighted by atomic mass is 9.88. The highest BCUT2D eigenvalue weighted by Gasteiger charge is 2.33. The molecule has 0 unspecified atom stereocenters. The second kappa shape index (κ2) is 8.92. The van der Waals surface area contributed by atoms with Crippen molar-refractivity contribution in [1.82, 2.24) is 5.32 Å². The van der Waals surface area contributed by atoms with E-state index in [1.54, 1.807) is 0 Å². The Labute approximate surface area is 114 Å². The van der Waals surface area contributed by atoms with Gasteiger partial charge < -0.3 is 10.1 Å². The maximum Gasteiger partial charge on any atom is 0.0554 e. The quantitative estimate of drug-likeness (QED) is 0.560. The number of unbranched alkanes of at least 4 members (excludes halogenated alkanes) is 4. The zero-order valence-corrected chi connectivity index (χ0v) is 12.8. The van der Waals surface area contributed by atoms with E-state index in [-0.39, 0.29) is 0 Å². The average molecular weight is 255 g/mol. The molecule has 1 rings (SSSR count). The highest BCUT2D eigenvalue weighted by molar-refractivity contribution is 4.84. The minimum atomic E-state index is 0.410. The molecule has 0 aromatic carbocycles. The van der Waals surface area contributed by atoms with Crippen LogP contribution >= 0.6 is 0 Å². The Hall–Kier alpha value is -0.0800. The van der Waals surface area contributed by atoms with E-state index in [1.165, 1.54) is 51.4 Å². The van der Waals surface area contributed by atoms with Gasteiger partial charge >= 0.3 is 0 Å². The molecule has 108 valence electrons. The predicted molar refractivity (Wildman–Crippen MR) is 79.0 cm³/mol. The molecular weight excluding hydrogens is 222 g/mol. The molecule has 1 saturated heterocycles. The lowest BCUT2D eigenvalue weighted by Crippen LogP contribution is -2.49. The van der Waals surface area contributed by atoms with E-state index in [4.69, 9.17) is 4.74 Å². The van der Waals surface area contributed by atoms with Crippen molar-refractivity contribution in [2.75, 3.05) is 19.8 Å². The van der Waals surface area contributed by atoms with Crippen molar-refractivity contribution < 1.29 is 4.74 Å². The lowest BCUT2D eigenvalue weighted by molar-refractivity contribution is -0.100. The third-order valence-corrected chi connectivity index (χ3v) is 4.03. The zero-order chi connectivity index (χ0) is 13.3. The second-order valence-electron chi connectivity index (χ2n) is 6.37. The van der Waals surface area contributed by atoms with Gasteiger partial charge in [0.15, 0.2) is 0 Å². The molecule has 1 heterocycles. The van der Waals surface area contributed by atoms with Gasteiger partial charge in [0.2, 0.25) is 0 Å². The Balaban J connectivity index is 2.19. The predicted octanol–water partition coefficient (Wildman–Crippen LogP) is 4.14. The molecule has 1 aliphatic rings. The van der Waals surface area contributed by atoms with Gasteiger partial charge in [0.25, 0.3) is 0 Å². The lowest BCUT2D eigenvalue weighted by Gasteiger charge is -2.39. The molecule has 2 nitrogen and oxygen atoms in total. The standard InChI is InChI=1S/C16H33NO/c1-4-6-8-10-15(11-9-7-5-2)17-12-16(3)13-18-14-16/h15,17H,4-14H2,1-3H3. The molecule has 0 radical (unpaired) electrons. The van der Waals surface area contributed by atoms with Crippen LogP contribution < -0.4 is 5.32 Å². The van der Waals surface area contributed by atoms with Crippen molar-refractivity contribution in [1.29, 1.82) is 0 Å². The number of ether oxygens (including phenoxy) is 1. The van der Waals surface area contributed by atoms with Crippen LogP contribution in [0.5, 0.6) is 0 Å².